The minimum atomic E-state index is 0. The summed E-state index contributed by atoms with van der Waals surface area (Å²) in [5, 5.41) is 3.40. The zero-order valence-electron chi connectivity index (χ0n) is 12.7. The molecule has 0 spiro atoms. The molecule has 0 aliphatic rings. The van der Waals surface area contributed by atoms with Gasteiger partial charge in [-0.15, -0.1) is 0 Å². The van der Waals surface area contributed by atoms with Crippen LogP contribution in [0.15, 0.2) is 78.9 Å². The van der Waals surface area contributed by atoms with Crippen LogP contribution in [0.25, 0.3) is 0 Å². The van der Waals surface area contributed by atoms with Crippen molar-refractivity contribution in [1.82, 2.24) is 5.32 Å². The molecule has 0 saturated heterocycles. The molecule has 0 fully saturated rings. The van der Waals surface area contributed by atoms with Crippen molar-refractivity contribution in [3.63, 3.8) is 0 Å². The maximum Gasteiger partial charge on any atom is 0.123 e. The fourth-order valence-corrected chi connectivity index (χ4v) is 2.04. The molecule has 0 aromatic heterocycles. The van der Waals surface area contributed by atoms with Crippen molar-refractivity contribution < 1.29 is 21.8 Å². The fraction of sp³-hybridized carbons (Fsp3) is 0.158. The van der Waals surface area contributed by atoms with Gasteiger partial charge in [0, 0.05) is 29.2 Å². The SMILES string of the molecule is COc1ccccc1CNC[c-]1[cH-][cH-][cH-][cH-]1.[Fe].c1cc[cH-]c1. The van der Waals surface area contributed by atoms with Crippen molar-refractivity contribution in [3.8, 4) is 5.75 Å². The van der Waals surface area contributed by atoms with Gasteiger partial charge in [-0.25, -0.2) is 12.1 Å². The second kappa shape index (κ2) is 10.9. The number of hydrogen-bond acceptors (Lipinski definition) is 2. The van der Waals surface area contributed by atoms with Gasteiger partial charge in [0.05, 0.1) is 7.11 Å². The second-order valence-corrected chi connectivity index (χ2v) is 4.67. The van der Waals surface area contributed by atoms with E-state index in [0.29, 0.717) is 0 Å². The molecular weight excluding hydrogens is 314 g/mol. The topological polar surface area (TPSA) is 21.3 Å². The number of para-hydroxylation sites is 1. The molecule has 3 aromatic carbocycles. The molecule has 0 aliphatic carbocycles. The van der Waals surface area contributed by atoms with E-state index in [9.17, 15) is 0 Å². The van der Waals surface area contributed by atoms with Crippen molar-refractivity contribution in [1.29, 1.82) is 0 Å². The van der Waals surface area contributed by atoms with Gasteiger partial charge in [-0.3, -0.25) is 0 Å². The first kappa shape index (κ1) is 18.2. The molecule has 3 rings (SSSR count). The smallest absolute Gasteiger partial charge is 0.123 e. The normalized spacial score (nSPS) is 9.32. The molecule has 0 aliphatic heterocycles. The van der Waals surface area contributed by atoms with Crippen LogP contribution in [0, 0.1) is 0 Å². The predicted molar refractivity (Wildman–Crippen MR) is 87.6 cm³/mol. The van der Waals surface area contributed by atoms with E-state index >= 15 is 0 Å². The zero-order chi connectivity index (χ0) is 14.8. The van der Waals surface area contributed by atoms with Gasteiger partial charge in [-0.1, -0.05) is 18.2 Å². The van der Waals surface area contributed by atoms with Crippen LogP contribution in [0.1, 0.15) is 11.1 Å². The Bertz CT molecular complexity index is 570. The molecule has 0 bridgehead atoms. The molecule has 0 radical (unpaired) electrons. The maximum absolute atomic E-state index is 5.29. The third kappa shape index (κ3) is 6.31. The van der Waals surface area contributed by atoms with Crippen LogP contribution in [0.3, 0.4) is 0 Å². The first-order valence-corrected chi connectivity index (χ1v) is 7.10. The summed E-state index contributed by atoms with van der Waals surface area (Å²) in [6.45, 7) is 1.72. The van der Waals surface area contributed by atoms with Gasteiger partial charge in [0.25, 0.3) is 0 Å². The van der Waals surface area contributed by atoms with Crippen LogP contribution >= 0.6 is 0 Å². The molecule has 0 amide bonds. The Kier molecular flexibility index (Phi) is 9.01. The van der Waals surface area contributed by atoms with Gasteiger partial charge in [-0.05, 0) is 6.07 Å². The molecule has 0 saturated carbocycles. The number of methoxy groups -OCH3 is 1. The van der Waals surface area contributed by atoms with E-state index in [4.69, 9.17) is 4.74 Å². The number of ether oxygens (including phenoxy) is 1. The molecule has 22 heavy (non-hydrogen) atoms. The summed E-state index contributed by atoms with van der Waals surface area (Å²) >= 11 is 0. The van der Waals surface area contributed by atoms with Gasteiger partial charge in [0.2, 0.25) is 0 Å². The average molecular weight is 335 g/mol. The van der Waals surface area contributed by atoms with Crippen molar-refractivity contribution in [2.45, 2.75) is 13.1 Å². The van der Waals surface area contributed by atoms with E-state index in [1.807, 2.05) is 48.5 Å². The summed E-state index contributed by atoms with van der Waals surface area (Å²) in [7, 11) is 1.70. The van der Waals surface area contributed by atoms with E-state index in [0.717, 1.165) is 18.8 Å². The Hall–Kier alpha value is -1.80. The van der Waals surface area contributed by atoms with Gasteiger partial charge in [0.1, 0.15) is 5.75 Å². The summed E-state index contributed by atoms with van der Waals surface area (Å²) in [4.78, 5) is 0. The standard InChI is InChI=1S/C14H16NO.C5H5.Fe/c1-16-14-9-5-4-8-13(14)11-15-10-12-6-2-3-7-12;1-2-4-5-3-1;/h2-9,15H,10-11H2,1H3;1-5H;/q-5;-1;. The van der Waals surface area contributed by atoms with E-state index in [1.54, 1.807) is 7.11 Å². The van der Waals surface area contributed by atoms with E-state index in [-0.39, 0.29) is 17.1 Å². The minimum absolute atomic E-state index is 0. The summed E-state index contributed by atoms with van der Waals surface area (Å²) in [6, 6.07) is 26.4. The first-order valence-electron chi connectivity index (χ1n) is 7.10. The fourth-order valence-electron chi connectivity index (χ4n) is 2.04. The van der Waals surface area contributed by atoms with Gasteiger partial charge < -0.3 is 39.9 Å². The van der Waals surface area contributed by atoms with E-state index in [1.165, 1.54) is 11.1 Å². The maximum atomic E-state index is 5.29. The van der Waals surface area contributed by atoms with Crippen molar-refractivity contribution in [2.24, 2.45) is 0 Å². The number of rotatable bonds is 5. The second-order valence-electron chi connectivity index (χ2n) is 4.67. The van der Waals surface area contributed by atoms with Crippen LogP contribution in [0.5, 0.6) is 5.75 Å². The van der Waals surface area contributed by atoms with Crippen LogP contribution in [-0.4, -0.2) is 7.11 Å². The van der Waals surface area contributed by atoms with Crippen LogP contribution in [-0.2, 0) is 30.2 Å². The Labute approximate surface area is 143 Å². The third-order valence-corrected chi connectivity index (χ3v) is 3.12. The van der Waals surface area contributed by atoms with Crippen molar-refractivity contribution >= 4 is 0 Å². The zero-order valence-corrected chi connectivity index (χ0v) is 13.8. The molecule has 1 N–H and O–H groups in total. The molecule has 0 unspecified atom stereocenters. The summed E-state index contributed by atoms with van der Waals surface area (Å²) in [5.41, 5.74) is 2.51. The average Bonchev–Trinajstić information content (AvgIpc) is 3.24. The minimum Gasteiger partial charge on any atom is -0.748 e. The monoisotopic (exact) mass is 335 g/mol. The van der Waals surface area contributed by atoms with Gasteiger partial charge >= 0.3 is 0 Å². The Balaban J connectivity index is 0.000000344. The van der Waals surface area contributed by atoms with Crippen molar-refractivity contribution in [2.75, 3.05) is 7.11 Å². The molecule has 122 valence electrons. The third-order valence-electron chi connectivity index (χ3n) is 3.12. The van der Waals surface area contributed by atoms with Crippen molar-refractivity contribution in [3.05, 3.63) is 90.0 Å². The summed E-state index contributed by atoms with van der Waals surface area (Å²) in [6.07, 6.45) is 0. The molecule has 0 heterocycles. The van der Waals surface area contributed by atoms with Crippen LogP contribution in [0.4, 0.5) is 0 Å². The van der Waals surface area contributed by atoms with Gasteiger partial charge in [-0.2, -0.15) is 24.7 Å². The number of hydrogen-bond donors (Lipinski definition) is 1. The number of benzene rings is 1. The molecule has 2 nitrogen and oxygen atoms in total. The Morgan fingerprint density at radius 2 is 1.73 bits per heavy atom. The van der Waals surface area contributed by atoms with Crippen LogP contribution in [0.2, 0.25) is 0 Å². The van der Waals surface area contributed by atoms with E-state index < -0.39 is 0 Å². The predicted octanol–water partition coefficient (Wildman–Crippen LogP) is 4.11. The molecule has 3 aromatic rings. The summed E-state index contributed by atoms with van der Waals surface area (Å²) in [5.74, 6) is 0.942. The molecule has 3 heteroatoms. The van der Waals surface area contributed by atoms with E-state index in [2.05, 4.69) is 35.6 Å². The first-order chi connectivity index (χ1) is 10.4. The quantitative estimate of drug-likeness (QED) is 0.560. The molecule has 0 atom stereocenters. The molecular formula is C19H21FeNO-6. The van der Waals surface area contributed by atoms with Gasteiger partial charge in [0.15, 0.2) is 0 Å². The summed E-state index contributed by atoms with van der Waals surface area (Å²) < 4.78 is 5.29. The Morgan fingerprint density at radius 1 is 1.05 bits per heavy atom. The van der Waals surface area contributed by atoms with Crippen LogP contribution < -0.4 is 10.1 Å². The number of nitrogens with one attached hydrogen (secondary N) is 1. The Morgan fingerprint density at radius 3 is 2.32 bits per heavy atom. The largest absolute Gasteiger partial charge is 0.748 e.